The molecule has 1 N–H and O–H groups in total. The van der Waals surface area contributed by atoms with Gasteiger partial charge in [-0.05, 0) is 31.9 Å². The summed E-state index contributed by atoms with van der Waals surface area (Å²) in [6.07, 6.45) is 1.90. The molecule has 0 spiro atoms. The van der Waals surface area contributed by atoms with Crippen LogP contribution in [0.25, 0.3) is 11.0 Å². The number of hydrogen-bond donors (Lipinski definition) is 1. The highest BCUT2D eigenvalue weighted by Gasteiger charge is 2.16. The summed E-state index contributed by atoms with van der Waals surface area (Å²) in [5.41, 5.74) is 2.15. The molecule has 1 aromatic heterocycles. The Kier molecular flexibility index (Phi) is 5.15. The average molecular weight is 276 g/mol. The van der Waals surface area contributed by atoms with Crippen molar-refractivity contribution >= 4 is 11.0 Å². The molecule has 20 heavy (non-hydrogen) atoms. The van der Waals surface area contributed by atoms with E-state index in [4.69, 9.17) is 4.74 Å². The molecule has 0 aliphatic rings. The highest BCUT2D eigenvalue weighted by atomic mass is 16.5. The number of aryl methyl sites for hydroxylation is 1. The van der Waals surface area contributed by atoms with E-state index in [1.54, 1.807) is 7.11 Å². The van der Waals surface area contributed by atoms with Crippen molar-refractivity contribution in [1.82, 2.24) is 9.55 Å². The summed E-state index contributed by atoms with van der Waals surface area (Å²) in [4.78, 5) is 4.67. The van der Waals surface area contributed by atoms with Crippen LogP contribution in [0.2, 0.25) is 0 Å². The second kappa shape index (κ2) is 6.86. The maximum atomic E-state index is 10.2. The Balaban J connectivity index is 2.22. The second-order valence-corrected chi connectivity index (χ2v) is 5.31. The maximum Gasteiger partial charge on any atom is 0.112 e. The predicted octanol–water partition coefficient (Wildman–Crippen LogP) is 2.77. The summed E-state index contributed by atoms with van der Waals surface area (Å²) in [5.74, 6) is 0.962. The van der Waals surface area contributed by atoms with E-state index in [1.165, 1.54) is 0 Å². The largest absolute Gasteiger partial charge is 0.393 e. The number of benzene rings is 1. The number of aromatic nitrogens is 2. The summed E-state index contributed by atoms with van der Waals surface area (Å²) in [5, 5.41) is 10.2. The van der Waals surface area contributed by atoms with Gasteiger partial charge in [-0.15, -0.1) is 0 Å². The summed E-state index contributed by atoms with van der Waals surface area (Å²) >= 11 is 0. The summed E-state index contributed by atoms with van der Waals surface area (Å²) in [6, 6.07) is 8.14. The van der Waals surface area contributed by atoms with Gasteiger partial charge in [-0.1, -0.05) is 19.1 Å². The fourth-order valence-corrected chi connectivity index (χ4v) is 2.53. The molecule has 1 heterocycles. The fraction of sp³-hybridized carbons (Fsp3) is 0.562. The predicted molar refractivity (Wildman–Crippen MR) is 80.8 cm³/mol. The van der Waals surface area contributed by atoms with Crippen LogP contribution in [0.4, 0.5) is 0 Å². The summed E-state index contributed by atoms with van der Waals surface area (Å²) in [6.45, 7) is 5.06. The lowest BCUT2D eigenvalue weighted by atomic mass is 10.1. The zero-order valence-corrected chi connectivity index (χ0v) is 12.5. The third kappa shape index (κ3) is 3.38. The molecule has 0 amide bonds. The van der Waals surface area contributed by atoms with E-state index in [0.29, 0.717) is 12.8 Å². The van der Waals surface area contributed by atoms with Crippen molar-refractivity contribution in [1.29, 1.82) is 0 Å². The molecule has 0 fully saturated rings. The Morgan fingerprint density at radius 2 is 2.10 bits per heavy atom. The van der Waals surface area contributed by atoms with Gasteiger partial charge in [-0.3, -0.25) is 0 Å². The maximum absolute atomic E-state index is 10.2. The number of imidazole rings is 1. The molecule has 0 bridgehead atoms. The first-order valence-corrected chi connectivity index (χ1v) is 7.30. The van der Waals surface area contributed by atoms with Crippen molar-refractivity contribution in [3.05, 3.63) is 30.1 Å². The van der Waals surface area contributed by atoms with E-state index in [9.17, 15) is 5.11 Å². The number of para-hydroxylation sites is 2. The zero-order chi connectivity index (χ0) is 14.5. The van der Waals surface area contributed by atoms with Crippen LogP contribution in [0, 0.1) is 0 Å². The first-order valence-electron chi connectivity index (χ1n) is 7.30. The van der Waals surface area contributed by atoms with Gasteiger partial charge < -0.3 is 14.4 Å². The molecule has 110 valence electrons. The van der Waals surface area contributed by atoms with Crippen molar-refractivity contribution in [3.63, 3.8) is 0 Å². The van der Waals surface area contributed by atoms with Gasteiger partial charge in [0.1, 0.15) is 5.82 Å². The van der Waals surface area contributed by atoms with Crippen LogP contribution in [0.3, 0.4) is 0 Å². The van der Waals surface area contributed by atoms with E-state index in [0.717, 1.165) is 29.8 Å². The van der Waals surface area contributed by atoms with Crippen molar-refractivity contribution in [3.8, 4) is 0 Å². The number of ether oxygens (including phenoxy) is 1. The van der Waals surface area contributed by atoms with E-state index in [-0.39, 0.29) is 6.10 Å². The molecule has 0 aliphatic heterocycles. The SMILES string of the molecule is CCCn1c(CC(O)CC(C)OC)nc2ccccc21. The van der Waals surface area contributed by atoms with E-state index in [2.05, 4.69) is 22.5 Å². The molecular formula is C16H24N2O2. The van der Waals surface area contributed by atoms with Crippen molar-refractivity contribution in [2.75, 3.05) is 7.11 Å². The smallest absolute Gasteiger partial charge is 0.112 e. The minimum Gasteiger partial charge on any atom is -0.393 e. The van der Waals surface area contributed by atoms with Gasteiger partial charge in [0.2, 0.25) is 0 Å². The normalized spacial score (nSPS) is 14.6. The van der Waals surface area contributed by atoms with Gasteiger partial charge in [0.05, 0.1) is 23.2 Å². The van der Waals surface area contributed by atoms with Gasteiger partial charge in [0.15, 0.2) is 0 Å². The molecule has 2 rings (SSSR count). The van der Waals surface area contributed by atoms with Crippen LogP contribution in [0.15, 0.2) is 24.3 Å². The van der Waals surface area contributed by atoms with Gasteiger partial charge in [-0.25, -0.2) is 4.98 Å². The lowest BCUT2D eigenvalue weighted by molar-refractivity contribution is 0.0555. The molecule has 0 saturated carbocycles. The molecule has 2 aromatic rings. The van der Waals surface area contributed by atoms with Crippen LogP contribution >= 0.6 is 0 Å². The molecule has 0 aliphatic carbocycles. The van der Waals surface area contributed by atoms with Gasteiger partial charge in [0.25, 0.3) is 0 Å². The van der Waals surface area contributed by atoms with Crippen molar-refractivity contribution < 1.29 is 9.84 Å². The Labute approximate surface area is 120 Å². The summed E-state index contributed by atoms with van der Waals surface area (Å²) < 4.78 is 7.43. The standard InChI is InChI=1S/C16H24N2O2/c1-4-9-18-15-8-6-5-7-14(15)17-16(18)11-13(19)10-12(2)20-3/h5-8,12-13,19H,4,9-11H2,1-3H3. The van der Waals surface area contributed by atoms with E-state index >= 15 is 0 Å². The minimum absolute atomic E-state index is 0.0639. The third-order valence-electron chi connectivity index (χ3n) is 3.61. The van der Waals surface area contributed by atoms with Gasteiger partial charge in [-0.2, -0.15) is 0 Å². The monoisotopic (exact) mass is 276 g/mol. The quantitative estimate of drug-likeness (QED) is 0.846. The molecule has 2 unspecified atom stereocenters. The number of hydrogen-bond acceptors (Lipinski definition) is 3. The number of methoxy groups -OCH3 is 1. The van der Waals surface area contributed by atoms with E-state index in [1.807, 2.05) is 25.1 Å². The van der Waals surface area contributed by atoms with Crippen molar-refractivity contribution in [2.24, 2.45) is 0 Å². The molecule has 0 saturated heterocycles. The zero-order valence-electron chi connectivity index (χ0n) is 12.5. The highest BCUT2D eigenvalue weighted by molar-refractivity contribution is 5.75. The molecule has 0 radical (unpaired) electrons. The van der Waals surface area contributed by atoms with Crippen LogP contribution < -0.4 is 0 Å². The van der Waals surface area contributed by atoms with Gasteiger partial charge >= 0.3 is 0 Å². The van der Waals surface area contributed by atoms with Crippen LogP contribution in [-0.4, -0.2) is 34.0 Å². The van der Waals surface area contributed by atoms with Crippen LogP contribution in [0.5, 0.6) is 0 Å². The van der Waals surface area contributed by atoms with Crippen LogP contribution in [0.1, 0.15) is 32.5 Å². The topological polar surface area (TPSA) is 47.3 Å². The van der Waals surface area contributed by atoms with E-state index < -0.39 is 6.10 Å². The Bertz CT molecular complexity index is 550. The molecule has 4 heteroatoms. The van der Waals surface area contributed by atoms with Crippen molar-refractivity contribution in [2.45, 2.75) is 51.9 Å². The molecule has 4 nitrogen and oxygen atoms in total. The Hall–Kier alpha value is -1.39. The molecule has 2 atom stereocenters. The number of rotatable bonds is 7. The molecule has 1 aromatic carbocycles. The number of aliphatic hydroxyl groups is 1. The Morgan fingerprint density at radius 1 is 1.35 bits per heavy atom. The molecular weight excluding hydrogens is 252 g/mol. The van der Waals surface area contributed by atoms with Gasteiger partial charge in [0, 0.05) is 20.1 Å². The first kappa shape index (κ1) is 15.0. The van der Waals surface area contributed by atoms with Crippen LogP contribution in [-0.2, 0) is 17.7 Å². The first-order chi connectivity index (χ1) is 9.65. The number of fused-ring (bicyclic) bond motifs is 1. The number of aliphatic hydroxyl groups excluding tert-OH is 1. The lowest BCUT2D eigenvalue weighted by Crippen LogP contribution is -2.21. The highest BCUT2D eigenvalue weighted by Crippen LogP contribution is 2.18. The summed E-state index contributed by atoms with van der Waals surface area (Å²) in [7, 11) is 1.67. The Morgan fingerprint density at radius 3 is 2.80 bits per heavy atom. The lowest BCUT2D eigenvalue weighted by Gasteiger charge is -2.15. The average Bonchev–Trinajstić information content (AvgIpc) is 2.77. The third-order valence-corrected chi connectivity index (χ3v) is 3.61. The second-order valence-electron chi connectivity index (χ2n) is 5.31. The fourth-order valence-electron chi connectivity index (χ4n) is 2.53. The number of nitrogens with zero attached hydrogens (tertiary/aromatic N) is 2. The minimum atomic E-state index is -0.419.